The third-order valence-corrected chi connectivity index (χ3v) is 5.02. The van der Waals surface area contributed by atoms with Crippen molar-refractivity contribution in [2.45, 2.75) is 44.6 Å². The van der Waals surface area contributed by atoms with Crippen LogP contribution in [0.3, 0.4) is 0 Å². The zero-order valence-electron chi connectivity index (χ0n) is 12.6. The van der Waals surface area contributed by atoms with Gasteiger partial charge in [-0.05, 0) is 56.2 Å². The summed E-state index contributed by atoms with van der Waals surface area (Å²) in [6, 6.07) is 4.01. The second-order valence-electron chi connectivity index (χ2n) is 6.37. The van der Waals surface area contributed by atoms with Crippen molar-refractivity contribution in [3.63, 3.8) is 0 Å². The van der Waals surface area contributed by atoms with Crippen LogP contribution in [0.1, 0.15) is 48.7 Å². The number of carbonyl (C=O) groups is 1. The highest BCUT2D eigenvalue weighted by atomic mass is 16.3. The van der Waals surface area contributed by atoms with Gasteiger partial charge in [-0.3, -0.25) is 9.89 Å². The number of amides is 1. The molecule has 2 aliphatic rings. The molecule has 22 heavy (non-hydrogen) atoms. The number of aromatic nitrogens is 2. The number of hydrogen-bond acceptors (Lipinski definition) is 3. The lowest BCUT2D eigenvalue weighted by molar-refractivity contribution is -0.140. The van der Waals surface area contributed by atoms with Gasteiger partial charge in [0.2, 0.25) is 5.91 Å². The molecule has 1 fully saturated rings. The maximum atomic E-state index is 13.0. The highest BCUT2D eigenvalue weighted by Crippen LogP contribution is 2.34. The van der Waals surface area contributed by atoms with E-state index >= 15 is 0 Å². The number of carbonyl (C=O) groups excluding carboxylic acids is 1. The van der Waals surface area contributed by atoms with E-state index in [-0.39, 0.29) is 17.9 Å². The second kappa shape index (κ2) is 5.63. The number of fused-ring (bicyclic) bond motifs is 1. The molecule has 5 heteroatoms. The molecule has 0 aromatic carbocycles. The van der Waals surface area contributed by atoms with Crippen LogP contribution < -0.4 is 0 Å². The molecule has 2 aromatic rings. The van der Waals surface area contributed by atoms with Crippen LogP contribution >= 0.6 is 0 Å². The van der Waals surface area contributed by atoms with Gasteiger partial charge in [-0.1, -0.05) is 0 Å². The normalized spacial score (nSPS) is 25.0. The van der Waals surface area contributed by atoms with E-state index in [1.807, 2.05) is 18.3 Å². The van der Waals surface area contributed by atoms with E-state index in [9.17, 15) is 4.79 Å². The predicted octanol–water partition coefficient (Wildman–Crippen LogP) is 2.86. The number of likely N-dealkylation sites (tertiary alicyclic amines) is 1. The number of aromatic amines is 1. The number of H-pyrrole nitrogens is 1. The Morgan fingerprint density at radius 2 is 2.32 bits per heavy atom. The fourth-order valence-electron chi connectivity index (χ4n) is 3.83. The van der Waals surface area contributed by atoms with Gasteiger partial charge in [0, 0.05) is 18.2 Å². The summed E-state index contributed by atoms with van der Waals surface area (Å²) in [6.07, 6.45) is 9.47. The summed E-state index contributed by atoms with van der Waals surface area (Å²) in [6.45, 7) is 0.846. The number of aryl methyl sites for hydroxylation is 1. The summed E-state index contributed by atoms with van der Waals surface area (Å²) in [4.78, 5) is 15.1. The quantitative estimate of drug-likeness (QED) is 0.927. The van der Waals surface area contributed by atoms with Crippen molar-refractivity contribution in [3.05, 3.63) is 41.6 Å². The molecule has 1 saturated heterocycles. The van der Waals surface area contributed by atoms with Crippen LogP contribution in [0.2, 0.25) is 0 Å². The monoisotopic (exact) mass is 299 g/mol. The molecule has 1 aliphatic carbocycles. The number of furan rings is 1. The van der Waals surface area contributed by atoms with Gasteiger partial charge in [0.1, 0.15) is 5.76 Å². The summed E-state index contributed by atoms with van der Waals surface area (Å²) < 4.78 is 5.58. The summed E-state index contributed by atoms with van der Waals surface area (Å²) in [5, 5.41) is 7.14. The summed E-state index contributed by atoms with van der Waals surface area (Å²) in [5.41, 5.74) is 2.40. The standard InChI is InChI=1S/C17H21N3O2/c21-17(12-6-7-14-13(10-12)11-18-19-14)20-8-2-1-4-15(20)16-5-3-9-22-16/h3,5,9,11-12,15H,1-2,4,6-8,10H2,(H,18,19). The number of nitrogens with zero attached hydrogens (tertiary/aromatic N) is 2. The summed E-state index contributed by atoms with van der Waals surface area (Å²) in [7, 11) is 0. The molecule has 3 heterocycles. The number of rotatable bonds is 2. The molecule has 2 unspecified atom stereocenters. The fourth-order valence-corrected chi connectivity index (χ4v) is 3.83. The first-order valence-corrected chi connectivity index (χ1v) is 8.18. The summed E-state index contributed by atoms with van der Waals surface area (Å²) >= 11 is 0. The Bertz CT molecular complexity index is 647. The van der Waals surface area contributed by atoms with Gasteiger partial charge in [0.05, 0.1) is 18.5 Å². The van der Waals surface area contributed by atoms with Gasteiger partial charge in [-0.15, -0.1) is 0 Å². The largest absolute Gasteiger partial charge is 0.467 e. The van der Waals surface area contributed by atoms with Crippen molar-refractivity contribution < 1.29 is 9.21 Å². The zero-order valence-corrected chi connectivity index (χ0v) is 12.6. The van der Waals surface area contributed by atoms with Crippen molar-refractivity contribution >= 4 is 5.91 Å². The smallest absolute Gasteiger partial charge is 0.226 e. The fraction of sp³-hybridized carbons (Fsp3) is 0.529. The first-order chi connectivity index (χ1) is 10.8. The Kier molecular flexibility index (Phi) is 3.48. The molecule has 2 aromatic heterocycles. The van der Waals surface area contributed by atoms with E-state index in [0.29, 0.717) is 0 Å². The van der Waals surface area contributed by atoms with Gasteiger partial charge >= 0.3 is 0 Å². The number of hydrogen-bond donors (Lipinski definition) is 1. The highest BCUT2D eigenvalue weighted by molar-refractivity contribution is 5.80. The van der Waals surface area contributed by atoms with Crippen LogP contribution in [-0.4, -0.2) is 27.5 Å². The molecule has 5 nitrogen and oxygen atoms in total. The van der Waals surface area contributed by atoms with Gasteiger partial charge in [-0.25, -0.2) is 0 Å². The molecule has 116 valence electrons. The van der Waals surface area contributed by atoms with Crippen LogP contribution in [0.4, 0.5) is 0 Å². The van der Waals surface area contributed by atoms with Crippen molar-refractivity contribution in [2.24, 2.45) is 5.92 Å². The van der Waals surface area contributed by atoms with Crippen molar-refractivity contribution in [1.29, 1.82) is 0 Å². The van der Waals surface area contributed by atoms with Crippen LogP contribution in [0.25, 0.3) is 0 Å². The maximum absolute atomic E-state index is 13.0. The predicted molar refractivity (Wildman–Crippen MR) is 81.1 cm³/mol. The van der Waals surface area contributed by atoms with Gasteiger partial charge in [0.15, 0.2) is 0 Å². The maximum Gasteiger partial charge on any atom is 0.226 e. The molecule has 1 N–H and O–H groups in total. The molecule has 1 aliphatic heterocycles. The van der Waals surface area contributed by atoms with Crippen LogP contribution in [0, 0.1) is 5.92 Å². The number of piperidine rings is 1. The molecule has 0 spiro atoms. The van der Waals surface area contributed by atoms with Crippen LogP contribution in [0.15, 0.2) is 29.0 Å². The van der Waals surface area contributed by atoms with E-state index in [1.165, 1.54) is 11.3 Å². The molecule has 0 bridgehead atoms. The first kappa shape index (κ1) is 13.6. The van der Waals surface area contributed by atoms with Crippen molar-refractivity contribution in [1.82, 2.24) is 15.1 Å². The molecule has 0 saturated carbocycles. The van der Waals surface area contributed by atoms with Gasteiger partial charge < -0.3 is 9.32 Å². The van der Waals surface area contributed by atoms with Crippen LogP contribution in [0.5, 0.6) is 0 Å². The molecular weight excluding hydrogens is 278 g/mol. The lowest BCUT2D eigenvalue weighted by Crippen LogP contribution is -2.43. The van der Waals surface area contributed by atoms with E-state index in [0.717, 1.165) is 50.8 Å². The third-order valence-electron chi connectivity index (χ3n) is 5.02. The van der Waals surface area contributed by atoms with Crippen molar-refractivity contribution in [2.75, 3.05) is 6.54 Å². The first-order valence-electron chi connectivity index (χ1n) is 8.18. The molecule has 2 atom stereocenters. The molecule has 4 rings (SSSR count). The van der Waals surface area contributed by atoms with Gasteiger partial charge in [-0.2, -0.15) is 5.10 Å². The Balaban J connectivity index is 1.53. The third kappa shape index (κ3) is 2.34. The Morgan fingerprint density at radius 1 is 1.36 bits per heavy atom. The van der Waals surface area contributed by atoms with E-state index in [1.54, 1.807) is 6.26 Å². The molecule has 0 radical (unpaired) electrons. The lowest BCUT2D eigenvalue weighted by atomic mass is 9.85. The number of nitrogens with one attached hydrogen (secondary N) is 1. The molecular formula is C17H21N3O2. The Morgan fingerprint density at radius 3 is 3.18 bits per heavy atom. The lowest BCUT2D eigenvalue weighted by Gasteiger charge is -2.37. The van der Waals surface area contributed by atoms with Gasteiger partial charge in [0.25, 0.3) is 0 Å². The Hall–Kier alpha value is -2.04. The SMILES string of the molecule is O=C(C1CCc2[nH]ncc2C1)N1CCCCC1c1ccco1. The molecule has 1 amide bonds. The highest BCUT2D eigenvalue weighted by Gasteiger charge is 2.35. The summed E-state index contributed by atoms with van der Waals surface area (Å²) in [5.74, 6) is 1.29. The van der Waals surface area contributed by atoms with E-state index in [2.05, 4.69) is 15.1 Å². The van der Waals surface area contributed by atoms with E-state index < -0.39 is 0 Å². The zero-order chi connectivity index (χ0) is 14.9. The van der Waals surface area contributed by atoms with Crippen LogP contribution in [-0.2, 0) is 17.6 Å². The second-order valence-corrected chi connectivity index (χ2v) is 6.37. The topological polar surface area (TPSA) is 62.1 Å². The minimum Gasteiger partial charge on any atom is -0.467 e. The average Bonchev–Trinajstić information content (AvgIpc) is 3.24. The minimum atomic E-state index is 0.0839. The van der Waals surface area contributed by atoms with Crippen molar-refractivity contribution in [3.8, 4) is 0 Å². The average molecular weight is 299 g/mol. The Labute approximate surface area is 129 Å². The van der Waals surface area contributed by atoms with E-state index in [4.69, 9.17) is 4.42 Å². The minimum absolute atomic E-state index is 0.0839.